The largest absolute Gasteiger partial charge is 0.356 e. The Bertz CT molecular complexity index is 553. The van der Waals surface area contributed by atoms with E-state index in [2.05, 4.69) is 33.9 Å². The second-order valence-corrected chi connectivity index (χ2v) is 9.77. The first-order valence-corrected chi connectivity index (χ1v) is 11.3. The standard InChI is InChI=1S/C22H40N4O2.H2/c1-17(2)21(28)23-16-19-15-22(19)6-9-26(10-7-22)20(27)5-8-24-11-13-25(14-12-24)18(3)4;/h17-19H,5-16H2,1-4H3,(H,23,28);1H. The fraction of sp³-hybridized carbons (Fsp3) is 0.909. The summed E-state index contributed by atoms with van der Waals surface area (Å²) in [6, 6.07) is 0.620. The molecule has 2 heterocycles. The number of nitrogens with zero attached hydrogens (tertiary/aromatic N) is 3. The zero-order valence-corrected chi connectivity index (χ0v) is 18.4. The van der Waals surface area contributed by atoms with Crippen LogP contribution in [-0.2, 0) is 9.59 Å². The van der Waals surface area contributed by atoms with Crippen LogP contribution in [0.3, 0.4) is 0 Å². The molecule has 162 valence electrons. The molecular formula is C22H42N4O2. The molecule has 3 aliphatic rings. The van der Waals surface area contributed by atoms with Crippen molar-refractivity contribution in [1.29, 1.82) is 0 Å². The van der Waals surface area contributed by atoms with Gasteiger partial charge in [0, 0.05) is 72.2 Å². The van der Waals surface area contributed by atoms with Crippen LogP contribution in [0.1, 0.15) is 54.8 Å². The third-order valence-corrected chi connectivity index (χ3v) is 7.30. The number of hydrogen-bond acceptors (Lipinski definition) is 4. The van der Waals surface area contributed by atoms with Crippen molar-refractivity contribution in [3.63, 3.8) is 0 Å². The Morgan fingerprint density at radius 3 is 2.25 bits per heavy atom. The second-order valence-electron chi connectivity index (χ2n) is 9.77. The van der Waals surface area contributed by atoms with Gasteiger partial charge in [-0.2, -0.15) is 0 Å². The number of carbonyl (C=O) groups is 2. The summed E-state index contributed by atoms with van der Waals surface area (Å²) in [5.41, 5.74) is 0.397. The first-order valence-electron chi connectivity index (χ1n) is 11.3. The number of rotatable bonds is 7. The summed E-state index contributed by atoms with van der Waals surface area (Å²) in [5, 5.41) is 3.09. The maximum atomic E-state index is 12.6. The zero-order valence-electron chi connectivity index (χ0n) is 18.4. The van der Waals surface area contributed by atoms with Crippen LogP contribution in [0.5, 0.6) is 0 Å². The van der Waals surface area contributed by atoms with Gasteiger partial charge in [0.1, 0.15) is 0 Å². The molecular weight excluding hydrogens is 352 g/mol. The van der Waals surface area contributed by atoms with E-state index >= 15 is 0 Å². The summed E-state index contributed by atoms with van der Waals surface area (Å²) in [5.74, 6) is 1.16. The van der Waals surface area contributed by atoms with Crippen LogP contribution >= 0.6 is 0 Å². The molecule has 0 aromatic heterocycles. The molecule has 2 aliphatic heterocycles. The predicted octanol–water partition coefficient (Wildman–Crippen LogP) is 2.05. The van der Waals surface area contributed by atoms with Crippen LogP contribution < -0.4 is 5.32 Å². The number of piperidine rings is 1. The minimum atomic E-state index is 0. The van der Waals surface area contributed by atoms with E-state index in [9.17, 15) is 9.59 Å². The first kappa shape index (κ1) is 21.6. The van der Waals surface area contributed by atoms with E-state index < -0.39 is 0 Å². The van der Waals surface area contributed by atoms with Crippen LogP contribution in [0.25, 0.3) is 0 Å². The molecule has 0 aromatic carbocycles. The average molecular weight is 395 g/mol. The van der Waals surface area contributed by atoms with Crippen LogP contribution in [0, 0.1) is 17.3 Å². The molecule has 1 N–H and O–H groups in total. The van der Waals surface area contributed by atoms with Gasteiger partial charge in [0.05, 0.1) is 0 Å². The quantitative estimate of drug-likeness (QED) is 0.718. The SMILES string of the molecule is CC(C)C(=O)NCC1CC12CCN(C(=O)CCN1CCN(C(C)C)CC1)CC2.[HH]. The molecule has 6 nitrogen and oxygen atoms in total. The maximum Gasteiger partial charge on any atom is 0.223 e. The lowest BCUT2D eigenvalue weighted by Gasteiger charge is -2.37. The molecule has 0 aromatic rings. The molecule has 6 heteroatoms. The first-order chi connectivity index (χ1) is 13.3. The molecule has 3 fully saturated rings. The van der Waals surface area contributed by atoms with Gasteiger partial charge in [-0.05, 0) is 44.4 Å². The van der Waals surface area contributed by atoms with Crippen LogP contribution in [0.2, 0.25) is 0 Å². The minimum absolute atomic E-state index is 0. The van der Waals surface area contributed by atoms with E-state index in [0.29, 0.717) is 29.7 Å². The maximum absolute atomic E-state index is 12.6. The van der Waals surface area contributed by atoms with Gasteiger partial charge in [-0.1, -0.05) is 13.8 Å². The fourth-order valence-electron chi connectivity index (χ4n) is 4.88. The zero-order chi connectivity index (χ0) is 20.3. The Balaban J connectivity index is 0.00000300. The van der Waals surface area contributed by atoms with E-state index in [1.165, 1.54) is 6.42 Å². The molecule has 1 unspecified atom stereocenters. The number of hydrogen-bond donors (Lipinski definition) is 1. The number of nitrogens with one attached hydrogen (secondary N) is 1. The second kappa shape index (κ2) is 9.12. The van der Waals surface area contributed by atoms with Crippen LogP contribution in [0.4, 0.5) is 0 Å². The van der Waals surface area contributed by atoms with Gasteiger partial charge in [-0.25, -0.2) is 0 Å². The van der Waals surface area contributed by atoms with Gasteiger partial charge >= 0.3 is 0 Å². The summed E-state index contributed by atoms with van der Waals surface area (Å²) < 4.78 is 0. The van der Waals surface area contributed by atoms with Gasteiger partial charge in [0.15, 0.2) is 0 Å². The van der Waals surface area contributed by atoms with Gasteiger partial charge in [-0.15, -0.1) is 0 Å². The highest BCUT2D eigenvalue weighted by atomic mass is 16.2. The predicted molar refractivity (Wildman–Crippen MR) is 114 cm³/mol. The molecule has 2 saturated heterocycles. The lowest BCUT2D eigenvalue weighted by molar-refractivity contribution is -0.133. The normalized spacial score (nSPS) is 25.5. The third kappa shape index (κ3) is 5.26. The molecule has 1 saturated carbocycles. The topological polar surface area (TPSA) is 55.9 Å². The van der Waals surface area contributed by atoms with Crippen molar-refractivity contribution in [3.8, 4) is 0 Å². The molecule has 3 rings (SSSR count). The summed E-state index contributed by atoms with van der Waals surface area (Å²) in [4.78, 5) is 31.5. The van der Waals surface area contributed by atoms with Crippen LogP contribution in [0.15, 0.2) is 0 Å². The molecule has 0 radical (unpaired) electrons. The van der Waals surface area contributed by atoms with E-state index in [4.69, 9.17) is 0 Å². The van der Waals surface area contributed by atoms with Crippen molar-refractivity contribution in [2.45, 2.75) is 59.4 Å². The Labute approximate surface area is 172 Å². The molecule has 0 bridgehead atoms. The number of likely N-dealkylation sites (tertiary alicyclic amines) is 1. The Morgan fingerprint density at radius 2 is 1.68 bits per heavy atom. The fourth-order valence-corrected chi connectivity index (χ4v) is 4.88. The minimum Gasteiger partial charge on any atom is -0.356 e. The summed E-state index contributed by atoms with van der Waals surface area (Å²) >= 11 is 0. The summed E-state index contributed by atoms with van der Waals surface area (Å²) in [6.45, 7) is 16.3. The van der Waals surface area contributed by atoms with E-state index in [1.54, 1.807) is 0 Å². The van der Waals surface area contributed by atoms with E-state index in [0.717, 1.165) is 65.2 Å². The van der Waals surface area contributed by atoms with Crippen molar-refractivity contribution in [3.05, 3.63) is 0 Å². The van der Waals surface area contributed by atoms with Gasteiger partial charge < -0.3 is 15.1 Å². The molecule has 2 amide bonds. The molecule has 28 heavy (non-hydrogen) atoms. The third-order valence-electron chi connectivity index (χ3n) is 7.30. The Hall–Kier alpha value is -1.14. The van der Waals surface area contributed by atoms with Crippen molar-refractivity contribution < 1.29 is 11.0 Å². The monoisotopic (exact) mass is 394 g/mol. The number of amides is 2. The highest BCUT2D eigenvalue weighted by Gasteiger charge is 2.54. The van der Waals surface area contributed by atoms with E-state index in [-0.39, 0.29) is 13.3 Å². The van der Waals surface area contributed by atoms with Gasteiger partial charge in [0.2, 0.25) is 11.8 Å². The van der Waals surface area contributed by atoms with Crippen molar-refractivity contribution in [2.75, 3.05) is 52.4 Å². The Kier molecular flexibility index (Phi) is 7.02. The highest BCUT2D eigenvalue weighted by molar-refractivity contribution is 5.78. The Morgan fingerprint density at radius 1 is 1.04 bits per heavy atom. The lowest BCUT2D eigenvalue weighted by atomic mass is 9.90. The number of carbonyl (C=O) groups excluding carboxylic acids is 2. The van der Waals surface area contributed by atoms with E-state index in [1.807, 2.05) is 13.8 Å². The number of piperazine rings is 1. The van der Waals surface area contributed by atoms with Crippen molar-refractivity contribution >= 4 is 11.8 Å². The smallest absolute Gasteiger partial charge is 0.223 e. The highest BCUT2D eigenvalue weighted by Crippen LogP contribution is 2.59. The summed E-state index contributed by atoms with van der Waals surface area (Å²) in [7, 11) is 0. The molecule has 1 atom stereocenters. The van der Waals surface area contributed by atoms with Gasteiger partial charge in [0.25, 0.3) is 0 Å². The van der Waals surface area contributed by atoms with Crippen molar-refractivity contribution in [1.82, 2.24) is 20.0 Å². The molecule has 1 aliphatic carbocycles. The molecule has 1 spiro atoms. The summed E-state index contributed by atoms with van der Waals surface area (Å²) in [6.07, 6.45) is 4.08. The lowest BCUT2D eigenvalue weighted by Crippen LogP contribution is -2.49. The van der Waals surface area contributed by atoms with Gasteiger partial charge in [-0.3, -0.25) is 14.5 Å². The van der Waals surface area contributed by atoms with Crippen LogP contribution in [-0.4, -0.2) is 84.9 Å². The van der Waals surface area contributed by atoms with Crippen molar-refractivity contribution in [2.24, 2.45) is 17.3 Å². The average Bonchev–Trinajstić information content (AvgIpc) is 3.36.